The summed E-state index contributed by atoms with van der Waals surface area (Å²) in [5.74, 6) is 1.07. The third kappa shape index (κ3) is 3.55. The van der Waals surface area contributed by atoms with Crippen molar-refractivity contribution >= 4 is 40.0 Å². The van der Waals surface area contributed by atoms with Gasteiger partial charge in [-0.1, -0.05) is 18.6 Å². The zero-order valence-electron chi connectivity index (χ0n) is 16.2. The van der Waals surface area contributed by atoms with Gasteiger partial charge in [0, 0.05) is 34.4 Å². The number of hydrogen-bond acceptors (Lipinski definition) is 6. The van der Waals surface area contributed by atoms with Crippen LogP contribution in [0.3, 0.4) is 0 Å². The number of carbonyl (C=O) groups excluding carboxylic acids is 1. The summed E-state index contributed by atoms with van der Waals surface area (Å²) in [5, 5.41) is 14.8. The number of aromatic nitrogens is 4. The highest BCUT2D eigenvalue weighted by Crippen LogP contribution is 2.32. The van der Waals surface area contributed by atoms with E-state index in [1.54, 1.807) is 12.3 Å². The van der Waals surface area contributed by atoms with Crippen LogP contribution in [0.4, 0.5) is 23.1 Å². The molecule has 0 saturated heterocycles. The Morgan fingerprint density at radius 2 is 2.00 bits per heavy atom. The maximum atomic E-state index is 12.3. The van der Waals surface area contributed by atoms with Crippen molar-refractivity contribution in [3.63, 3.8) is 0 Å². The van der Waals surface area contributed by atoms with Gasteiger partial charge in [0.1, 0.15) is 11.5 Å². The molecule has 1 amide bonds. The first kappa shape index (κ1) is 18.1. The Labute approximate surface area is 172 Å². The van der Waals surface area contributed by atoms with Crippen LogP contribution in [0.5, 0.6) is 0 Å². The number of carbonyl (C=O) groups is 1. The van der Waals surface area contributed by atoms with Gasteiger partial charge in [0.2, 0.25) is 11.9 Å². The average Bonchev–Trinajstić information content (AvgIpc) is 3.10. The number of H-pyrrole nitrogens is 1. The standard InChI is InChI=1S/C22H21N7O/c23-22-24-10-9-19(27-22)25-16-7-8-18-17(12-16)20(29-28-18)14-5-2-6-15(11-14)26-21(30)13-3-1-4-13/h2,5-13H,1,3-4H2,(H,26,30)(H,28,29)(H3,23,24,25,27). The van der Waals surface area contributed by atoms with Gasteiger partial charge < -0.3 is 16.4 Å². The molecule has 150 valence electrons. The number of nitrogen functional groups attached to an aromatic ring is 1. The second kappa shape index (κ2) is 7.47. The molecule has 5 N–H and O–H groups in total. The molecular weight excluding hydrogens is 378 g/mol. The maximum Gasteiger partial charge on any atom is 0.227 e. The van der Waals surface area contributed by atoms with Crippen molar-refractivity contribution in [1.82, 2.24) is 20.2 Å². The normalized spacial score (nSPS) is 13.7. The molecule has 0 bridgehead atoms. The van der Waals surface area contributed by atoms with Crippen molar-refractivity contribution in [2.45, 2.75) is 19.3 Å². The zero-order valence-corrected chi connectivity index (χ0v) is 16.2. The van der Waals surface area contributed by atoms with Crippen LogP contribution in [0.25, 0.3) is 22.2 Å². The highest BCUT2D eigenvalue weighted by Gasteiger charge is 2.25. The van der Waals surface area contributed by atoms with E-state index >= 15 is 0 Å². The molecule has 1 aliphatic carbocycles. The fourth-order valence-electron chi connectivity index (χ4n) is 3.56. The van der Waals surface area contributed by atoms with E-state index in [4.69, 9.17) is 5.73 Å². The van der Waals surface area contributed by atoms with Crippen LogP contribution in [0.15, 0.2) is 54.7 Å². The molecule has 1 fully saturated rings. The first-order chi connectivity index (χ1) is 14.7. The van der Waals surface area contributed by atoms with Crippen LogP contribution in [0.2, 0.25) is 0 Å². The predicted octanol–water partition coefficient (Wildman–Crippen LogP) is 4.08. The van der Waals surface area contributed by atoms with Crippen molar-refractivity contribution in [3.8, 4) is 11.3 Å². The molecule has 8 nitrogen and oxygen atoms in total. The largest absolute Gasteiger partial charge is 0.368 e. The molecule has 1 saturated carbocycles. The Bertz CT molecular complexity index is 1230. The van der Waals surface area contributed by atoms with E-state index in [2.05, 4.69) is 30.8 Å². The van der Waals surface area contributed by atoms with Gasteiger partial charge in [0.25, 0.3) is 0 Å². The molecule has 5 rings (SSSR count). The van der Waals surface area contributed by atoms with Crippen molar-refractivity contribution < 1.29 is 4.79 Å². The highest BCUT2D eigenvalue weighted by molar-refractivity contribution is 5.97. The number of rotatable bonds is 5. The smallest absolute Gasteiger partial charge is 0.227 e. The number of anilines is 4. The van der Waals surface area contributed by atoms with Crippen molar-refractivity contribution in [2.75, 3.05) is 16.4 Å². The maximum absolute atomic E-state index is 12.3. The number of amides is 1. The van der Waals surface area contributed by atoms with Gasteiger partial charge in [0.15, 0.2) is 0 Å². The third-order valence-electron chi connectivity index (χ3n) is 5.39. The van der Waals surface area contributed by atoms with Crippen molar-refractivity contribution in [1.29, 1.82) is 0 Å². The molecule has 0 radical (unpaired) electrons. The predicted molar refractivity (Wildman–Crippen MR) is 117 cm³/mol. The van der Waals surface area contributed by atoms with Crippen LogP contribution >= 0.6 is 0 Å². The number of hydrogen-bond donors (Lipinski definition) is 4. The first-order valence-corrected chi connectivity index (χ1v) is 9.91. The molecule has 30 heavy (non-hydrogen) atoms. The lowest BCUT2D eigenvalue weighted by Gasteiger charge is -2.24. The summed E-state index contributed by atoms with van der Waals surface area (Å²) in [5.41, 5.74) is 9.96. The number of fused-ring (bicyclic) bond motifs is 1. The van der Waals surface area contributed by atoms with Gasteiger partial charge in [-0.25, -0.2) is 4.98 Å². The molecule has 2 aromatic carbocycles. The Kier molecular flexibility index (Phi) is 4.51. The van der Waals surface area contributed by atoms with Crippen molar-refractivity contribution in [2.24, 2.45) is 5.92 Å². The molecule has 0 aliphatic heterocycles. The molecule has 2 aromatic heterocycles. The Balaban J connectivity index is 1.44. The van der Waals surface area contributed by atoms with Gasteiger partial charge in [-0.3, -0.25) is 9.89 Å². The Morgan fingerprint density at radius 3 is 2.80 bits per heavy atom. The minimum absolute atomic E-state index is 0.0981. The lowest BCUT2D eigenvalue weighted by atomic mass is 9.85. The van der Waals surface area contributed by atoms with Crippen LogP contribution < -0.4 is 16.4 Å². The lowest BCUT2D eigenvalue weighted by molar-refractivity contribution is -0.122. The third-order valence-corrected chi connectivity index (χ3v) is 5.39. The summed E-state index contributed by atoms with van der Waals surface area (Å²) in [4.78, 5) is 20.4. The Hall–Kier alpha value is -3.94. The lowest BCUT2D eigenvalue weighted by Crippen LogP contribution is -2.27. The average molecular weight is 399 g/mol. The van der Waals surface area contributed by atoms with Crippen LogP contribution in [0.1, 0.15) is 19.3 Å². The topological polar surface area (TPSA) is 122 Å². The first-order valence-electron chi connectivity index (χ1n) is 9.91. The van der Waals surface area contributed by atoms with E-state index in [0.717, 1.165) is 52.8 Å². The van der Waals surface area contributed by atoms with Crippen LogP contribution in [-0.4, -0.2) is 26.1 Å². The Morgan fingerprint density at radius 1 is 1.10 bits per heavy atom. The van der Waals surface area contributed by atoms with E-state index in [-0.39, 0.29) is 17.8 Å². The fraction of sp³-hybridized carbons (Fsp3) is 0.182. The molecule has 0 unspecified atom stereocenters. The van der Waals surface area contributed by atoms with Gasteiger partial charge in [-0.05, 0) is 49.2 Å². The summed E-state index contributed by atoms with van der Waals surface area (Å²) in [7, 11) is 0. The fourth-order valence-corrected chi connectivity index (χ4v) is 3.56. The minimum Gasteiger partial charge on any atom is -0.368 e. The van der Waals surface area contributed by atoms with E-state index in [0.29, 0.717) is 5.82 Å². The van der Waals surface area contributed by atoms with Crippen molar-refractivity contribution in [3.05, 3.63) is 54.7 Å². The number of nitrogens with one attached hydrogen (secondary N) is 3. The van der Waals surface area contributed by atoms with E-state index in [1.165, 1.54) is 0 Å². The number of nitrogens with two attached hydrogens (primary N) is 1. The quantitative estimate of drug-likeness (QED) is 0.401. The van der Waals surface area contributed by atoms with Gasteiger partial charge in [0.05, 0.1) is 5.52 Å². The molecule has 2 heterocycles. The molecule has 8 heteroatoms. The summed E-state index contributed by atoms with van der Waals surface area (Å²) < 4.78 is 0. The van der Waals surface area contributed by atoms with E-state index in [1.807, 2.05) is 42.5 Å². The second-order valence-corrected chi connectivity index (χ2v) is 7.46. The number of nitrogens with zero attached hydrogens (tertiary/aromatic N) is 3. The molecule has 4 aromatic rings. The summed E-state index contributed by atoms with van der Waals surface area (Å²) >= 11 is 0. The minimum atomic E-state index is 0.0981. The second-order valence-electron chi connectivity index (χ2n) is 7.46. The molecule has 0 atom stereocenters. The number of aromatic amines is 1. The SMILES string of the molecule is Nc1nccc(Nc2ccc3[nH]nc(-c4cccc(NC(=O)C5CCC5)c4)c3c2)n1. The van der Waals surface area contributed by atoms with Crippen LogP contribution in [-0.2, 0) is 4.79 Å². The summed E-state index contributed by atoms with van der Waals surface area (Å²) in [6.07, 6.45) is 4.69. The monoisotopic (exact) mass is 399 g/mol. The van der Waals surface area contributed by atoms with Crippen LogP contribution in [0, 0.1) is 5.92 Å². The molecule has 1 aliphatic rings. The summed E-state index contributed by atoms with van der Waals surface area (Å²) in [6.45, 7) is 0. The van der Waals surface area contributed by atoms with E-state index < -0.39 is 0 Å². The number of benzene rings is 2. The zero-order chi connectivity index (χ0) is 20.5. The molecule has 0 spiro atoms. The van der Waals surface area contributed by atoms with Gasteiger partial charge in [-0.15, -0.1) is 0 Å². The van der Waals surface area contributed by atoms with E-state index in [9.17, 15) is 4.79 Å². The van der Waals surface area contributed by atoms with Gasteiger partial charge >= 0.3 is 0 Å². The molecular formula is C22H21N7O. The van der Waals surface area contributed by atoms with Gasteiger partial charge in [-0.2, -0.15) is 10.1 Å². The summed E-state index contributed by atoms with van der Waals surface area (Å²) in [6, 6.07) is 15.4. The highest BCUT2D eigenvalue weighted by atomic mass is 16.1.